The van der Waals surface area contributed by atoms with Gasteiger partial charge in [-0.05, 0) is 13.3 Å². The Labute approximate surface area is 93.2 Å². The number of aromatic nitrogens is 4. The van der Waals surface area contributed by atoms with E-state index in [2.05, 4.69) is 21.9 Å². The van der Waals surface area contributed by atoms with Crippen molar-refractivity contribution in [3.05, 3.63) is 34.6 Å². The molecule has 0 saturated heterocycles. The first-order valence-electron chi connectivity index (χ1n) is 5.29. The molecule has 2 rings (SSSR count). The van der Waals surface area contributed by atoms with E-state index in [4.69, 9.17) is 0 Å². The summed E-state index contributed by atoms with van der Waals surface area (Å²) in [6.07, 6.45) is 4.48. The van der Waals surface area contributed by atoms with Crippen LogP contribution in [-0.4, -0.2) is 19.5 Å². The minimum Gasteiger partial charge on any atom is -0.328 e. The van der Waals surface area contributed by atoms with Crippen LogP contribution >= 0.6 is 0 Å². The van der Waals surface area contributed by atoms with Gasteiger partial charge in [0.1, 0.15) is 5.69 Å². The van der Waals surface area contributed by atoms with Crippen LogP contribution < -0.4 is 5.56 Å². The molecule has 84 valence electrons. The standard InChI is InChI=1S/C11H14N4O/c1-3-4-15-7-12-6-9(15)11-13-8(2)5-10(16)14-11/h5-7H,3-4H2,1-2H3,(H,13,14,16). The lowest BCUT2D eigenvalue weighted by molar-refractivity contribution is 0.681. The minimum atomic E-state index is -0.133. The number of nitrogens with one attached hydrogen (secondary N) is 1. The van der Waals surface area contributed by atoms with Crippen molar-refractivity contribution in [3.63, 3.8) is 0 Å². The van der Waals surface area contributed by atoms with Crippen molar-refractivity contribution in [3.8, 4) is 11.5 Å². The van der Waals surface area contributed by atoms with E-state index in [0.29, 0.717) is 11.5 Å². The lowest BCUT2D eigenvalue weighted by atomic mass is 10.3. The number of rotatable bonds is 3. The summed E-state index contributed by atoms with van der Waals surface area (Å²) in [7, 11) is 0. The van der Waals surface area contributed by atoms with Crippen molar-refractivity contribution in [1.29, 1.82) is 0 Å². The van der Waals surface area contributed by atoms with E-state index in [1.165, 1.54) is 6.07 Å². The quantitative estimate of drug-likeness (QED) is 0.845. The Kier molecular flexibility index (Phi) is 2.85. The van der Waals surface area contributed by atoms with Crippen molar-refractivity contribution in [2.45, 2.75) is 26.8 Å². The third kappa shape index (κ3) is 2.03. The highest BCUT2D eigenvalue weighted by Crippen LogP contribution is 2.13. The van der Waals surface area contributed by atoms with Gasteiger partial charge in [-0.2, -0.15) is 0 Å². The molecule has 5 nitrogen and oxygen atoms in total. The highest BCUT2D eigenvalue weighted by Gasteiger charge is 2.07. The fourth-order valence-corrected chi connectivity index (χ4v) is 1.64. The number of nitrogens with zero attached hydrogens (tertiary/aromatic N) is 3. The van der Waals surface area contributed by atoms with Gasteiger partial charge in [-0.3, -0.25) is 4.79 Å². The molecule has 0 unspecified atom stereocenters. The van der Waals surface area contributed by atoms with E-state index < -0.39 is 0 Å². The lowest BCUT2D eigenvalue weighted by Gasteiger charge is -2.05. The smallest absolute Gasteiger partial charge is 0.251 e. The number of hydrogen-bond donors (Lipinski definition) is 1. The van der Waals surface area contributed by atoms with Crippen molar-refractivity contribution >= 4 is 0 Å². The second-order valence-electron chi connectivity index (χ2n) is 3.71. The van der Waals surface area contributed by atoms with Gasteiger partial charge in [-0.15, -0.1) is 0 Å². The third-order valence-corrected chi connectivity index (χ3v) is 2.29. The Bertz CT molecular complexity index is 541. The molecular weight excluding hydrogens is 204 g/mol. The molecule has 0 atom stereocenters. The maximum atomic E-state index is 11.4. The first-order chi connectivity index (χ1) is 7.70. The highest BCUT2D eigenvalue weighted by molar-refractivity contribution is 5.48. The highest BCUT2D eigenvalue weighted by atomic mass is 16.1. The van der Waals surface area contributed by atoms with Crippen LogP contribution in [0.1, 0.15) is 19.0 Å². The van der Waals surface area contributed by atoms with Crippen LogP contribution in [0.15, 0.2) is 23.4 Å². The van der Waals surface area contributed by atoms with E-state index in [1.54, 1.807) is 19.4 Å². The Morgan fingerprint density at radius 1 is 1.50 bits per heavy atom. The average molecular weight is 218 g/mol. The third-order valence-electron chi connectivity index (χ3n) is 2.29. The number of imidazole rings is 1. The monoisotopic (exact) mass is 218 g/mol. The zero-order valence-corrected chi connectivity index (χ0v) is 9.40. The summed E-state index contributed by atoms with van der Waals surface area (Å²) in [6.45, 7) is 4.77. The molecule has 0 aliphatic rings. The van der Waals surface area contributed by atoms with Crippen molar-refractivity contribution in [2.24, 2.45) is 0 Å². The molecular formula is C11H14N4O. The number of aromatic amines is 1. The van der Waals surface area contributed by atoms with Gasteiger partial charge >= 0.3 is 0 Å². The molecule has 5 heteroatoms. The lowest BCUT2D eigenvalue weighted by Crippen LogP contribution is -2.10. The maximum absolute atomic E-state index is 11.4. The van der Waals surface area contributed by atoms with Gasteiger partial charge in [-0.25, -0.2) is 9.97 Å². The van der Waals surface area contributed by atoms with Crippen LogP contribution in [-0.2, 0) is 6.54 Å². The summed E-state index contributed by atoms with van der Waals surface area (Å²) in [4.78, 5) is 22.5. The topological polar surface area (TPSA) is 63.6 Å². The van der Waals surface area contributed by atoms with E-state index in [0.717, 1.165) is 18.7 Å². The molecule has 2 aromatic heterocycles. The van der Waals surface area contributed by atoms with E-state index in [1.807, 2.05) is 4.57 Å². The fourth-order valence-electron chi connectivity index (χ4n) is 1.64. The Morgan fingerprint density at radius 2 is 2.31 bits per heavy atom. The van der Waals surface area contributed by atoms with Crippen LogP contribution in [0, 0.1) is 6.92 Å². The average Bonchev–Trinajstić information content (AvgIpc) is 2.65. The van der Waals surface area contributed by atoms with Gasteiger partial charge in [0.05, 0.1) is 12.5 Å². The zero-order chi connectivity index (χ0) is 11.5. The summed E-state index contributed by atoms with van der Waals surface area (Å²) >= 11 is 0. The number of hydrogen-bond acceptors (Lipinski definition) is 3. The van der Waals surface area contributed by atoms with Gasteiger partial charge in [-0.1, -0.05) is 6.92 Å². The molecule has 16 heavy (non-hydrogen) atoms. The molecule has 0 amide bonds. The normalized spacial score (nSPS) is 10.6. The summed E-state index contributed by atoms with van der Waals surface area (Å²) in [5.41, 5.74) is 1.43. The summed E-state index contributed by atoms with van der Waals surface area (Å²) in [5.74, 6) is 0.580. The van der Waals surface area contributed by atoms with Gasteiger partial charge in [0.25, 0.3) is 5.56 Å². The van der Waals surface area contributed by atoms with Crippen LogP contribution in [0.25, 0.3) is 11.5 Å². The molecule has 0 spiro atoms. The zero-order valence-electron chi connectivity index (χ0n) is 9.40. The largest absolute Gasteiger partial charge is 0.328 e. The number of H-pyrrole nitrogens is 1. The molecule has 2 heterocycles. The SMILES string of the molecule is CCCn1cncc1-c1nc(C)cc(=O)[nH]1. The van der Waals surface area contributed by atoms with Gasteiger partial charge in [0, 0.05) is 18.3 Å². The molecule has 1 N–H and O–H groups in total. The summed E-state index contributed by atoms with van der Waals surface area (Å²) in [5, 5.41) is 0. The van der Waals surface area contributed by atoms with E-state index in [9.17, 15) is 4.79 Å². The molecule has 0 radical (unpaired) electrons. The van der Waals surface area contributed by atoms with Crippen molar-refractivity contribution in [1.82, 2.24) is 19.5 Å². The van der Waals surface area contributed by atoms with Crippen LogP contribution in [0.2, 0.25) is 0 Å². The van der Waals surface area contributed by atoms with Crippen molar-refractivity contribution < 1.29 is 0 Å². The number of aryl methyl sites for hydroxylation is 2. The Balaban J connectivity index is 2.49. The summed E-state index contributed by atoms with van der Waals surface area (Å²) < 4.78 is 1.98. The molecule has 0 aliphatic carbocycles. The van der Waals surface area contributed by atoms with Gasteiger partial charge in [0.2, 0.25) is 0 Å². The maximum Gasteiger partial charge on any atom is 0.251 e. The van der Waals surface area contributed by atoms with Gasteiger partial charge < -0.3 is 9.55 Å². The fraction of sp³-hybridized carbons (Fsp3) is 0.364. The molecule has 0 aliphatic heterocycles. The Hall–Kier alpha value is -1.91. The van der Waals surface area contributed by atoms with Gasteiger partial charge in [0.15, 0.2) is 5.82 Å². The first-order valence-corrected chi connectivity index (χ1v) is 5.29. The van der Waals surface area contributed by atoms with Crippen molar-refractivity contribution in [2.75, 3.05) is 0 Å². The van der Waals surface area contributed by atoms with E-state index in [-0.39, 0.29) is 5.56 Å². The molecule has 0 bridgehead atoms. The first kappa shape index (κ1) is 10.6. The molecule has 0 fully saturated rings. The van der Waals surface area contributed by atoms with Crippen LogP contribution in [0.3, 0.4) is 0 Å². The predicted octanol–water partition coefficient (Wildman–Crippen LogP) is 1.35. The van der Waals surface area contributed by atoms with Crippen LogP contribution in [0.4, 0.5) is 0 Å². The Morgan fingerprint density at radius 3 is 3.00 bits per heavy atom. The van der Waals surface area contributed by atoms with E-state index >= 15 is 0 Å². The second kappa shape index (κ2) is 4.30. The minimum absolute atomic E-state index is 0.133. The second-order valence-corrected chi connectivity index (χ2v) is 3.71. The molecule has 2 aromatic rings. The molecule has 0 saturated carbocycles. The predicted molar refractivity (Wildman–Crippen MR) is 61.1 cm³/mol. The summed E-state index contributed by atoms with van der Waals surface area (Å²) in [6, 6.07) is 1.48. The van der Waals surface area contributed by atoms with Crippen LogP contribution in [0.5, 0.6) is 0 Å². The molecule has 0 aromatic carbocycles.